The Balaban J connectivity index is 1.84. The highest BCUT2D eigenvalue weighted by Crippen LogP contribution is 2.22. The van der Waals surface area contributed by atoms with E-state index in [1.807, 2.05) is 13.8 Å². The maximum Gasteiger partial charge on any atom is 0.338 e. The number of ether oxygens (including phenoxy) is 2. The number of hydrogen-bond donors (Lipinski definition) is 1. The first-order valence-corrected chi connectivity index (χ1v) is 8.61. The lowest BCUT2D eigenvalue weighted by Crippen LogP contribution is -2.21. The third kappa shape index (κ3) is 6.20. The summed E-state index contributed by atoms with van der Waals surface area (Å²) in [6, 6.07) is 7.95. The molecule has 2 aromatic rings. The summed E-state index contributed by atoms with van der Waals surface area (Å²) in [5.74, 6) is 0.0275. The molecule has 138 valence electrons. The van der Waals surface area contributed by atoms with Gasteiger partial charge in [0.25, 0.3) is 5.91 Å². The van der Waals surface area contributed by atoms with Gasteiger partial charge >= 0.3 is 5.97 Å². The third-order valence-electron chi connectivity index (χ3n) is 3.07. The standard InChI is InChI=1S/C18H18Cl2N2O4/c1-11(2)9-25-14-5-3-12(4-6-14)18(24)26-10-16(23)22-17-15(20)7-13(19)8-21-17/h3-8,11H,9-10H2,1-2H3,(H,21,22,23). The highest BCUT2D eigenvalue weighted by molar-refractivity contribution is 6.36. The molecule has 0 aliphatic heterocycles. The van der Waals surface area contributed by atoms with Crippen LogP contribution in [0.4, 0.5) is 5.82 Å². The fourth-order valence-electron chi connectivity index (χ4n) is 1.84. The number of carbonyl (C=O) groups excluding carboxylic acids is 2. The van der Waals surface area contributed by atoms with E-state index in [1.165, 1.54) is 12.3 Å². The maximum absolute atomic E-state index is 12.0. The SMILES string of the molecule is CC(C)COc1ccc(C(=O)OCC(=O)Nc2ncc(Cl)cc2Cl)cc1. The van der Waals surface area contributed by atoms with E-state index in [4.69, 9.17) is 32.7 Å². The number of hydrogen-bond acceptors (Lipinski definition) is 5. The van der Waals surface area contributed by atoms with Gasteiger partial charge in [-0.05, 0) is 36.2 Å². The Bertz CT molecular complexity index is 779. The topological polar surface area (TPSA) is 77.5 Å². The van der Waals surface area contributed by atoms with Crippen LogP contribution in [0.2, 0.25) is 10.0 Å². The summed E-state index contributed by atoms with van der Waals surface area (Å²) in [5.41, 5.74) is 0.317. The molecule has 6 nitrogen and oxygen atoms in total. The maximum atomic E-state index is 12.0. The Kier molecular flexibility index (Phi) is 7.24. The molecule has 0 saturated heterocycles. The number of rotatable bonds is 7. The second-order valence-corrected chi connectivity index (χ2v) is 6.68. The van der Waals surface area contributed by atoms with Gasteiger partial charge in [0.15, 0.2) is 12.4 Å². The largest absolute Gasteiger partial charge is 0.493 e. The summed E-state index contributed by atoms with van der Waals surface area (Å²) in [5, 5.41) is 2.98. The van der Waals surface area contributed by atoms with E-state index in [0.29, 0.717) is 28.9 Å². The van der Waals surface area contributed by atoms with Crippen LogP contribution >= 0.6 is 23.2 Å². The molecular formula is C18H18Cl2N2O4. The Labute approximate surface area is 161 Å². The van der Waals surface area contributed by atoms with Crippen LogP contribution in [-0.4, -0.2) is 30.1 Å². The van der Waals surface area contributed by atoms with Gasteiger partial charge in [-0.15, -0.1) is 0 Å². The van der Waals surface area contributed by atoms with E-state index in [2.05, 4.69) is 10.3 Å². The Morgan fingerprint density at radius 3 is 2.50 bits per heavy atom. The summed E-state index contributed by atoms with van der Waals surface area (Å²) in [7, 11) is 0. The molecule has 1 N–H and O–H groups in total. The van der Waals surface area contributed by atoms with Crippen LogP contribution in [0.3, 0.4) is 0 Å². The summed E-state index contributed by atoms with van der Waals surface area (Å²) in [4.78, 5) is 27.7. The molecule has 0 bridgehead atoms. The molecule has 0 saturated carbocycles. The Morgan fingerprint density at radius 2 is 1.88 bits per heavy atom. The number of amides is 1. The van der Waals surface area contributed by atoms with Gasteiger partial charge in [0.2, 0.25) is 0 Å². The van der Waals surface area contributed by atoms with Crippen LogP contribution in [0.25, 0.3) is 0 Å². The van der Waals surface area contributed by atoms with Gasteiger partial charge in [0.05, 0.1) is 22.2 Å². The third-order valence-corrected chi connectivity index (χ3v) is 3.57. The van der Waals surface area contributed by atoms with Crippen LogP contribution < -0.4 is 10.1 Å². The van der Waals surface area contributed by atoms with Crippen molar-refractivity contribution < 1.29 is 19.1 Å². The predicted octanol–water partition coefficient (Wildman–Crippen LogP) is 4.22. The zero-order valence-corrected chi connectivity index (χ0v) is 15.8. The average molecular weight is 397 g/mol. The molecule has 8 heteroatoms. The summed E-state index contributed by atoms with van der Waals surface area (Å²) in [6.45, 7) is 4.21. The van der Waals surface area contributed by atoms with Crippen molar-refractivity contribution in [3.05, 3.63) is 52.1 Å². The van der Waals surface area contributed by atoms with Gasteiger partial charge in [-0.25, -0.2) is 9.78 Å². The van der Waals surface area contributed by atoms with Crippen LogP contribution in [0.5, 0.6) is 5.75 Å². The fourth-order valence-corrected chi connectivity index (χ4v) is 2.27. The highest BCUT2D eigenvalue weighted by Gasteiger charge is 2.12. The van der Waals surface area contributed by atoms with E-state index in [1.54, 1.807) is 24.3 Å². The van der Waals surface area contributed by atoms with Crippen molar-refractivity contribution >= 4 is 40.9 Å². The van der Waals surface area contributed by atoms with Crippen molar-refractivity contribution in [3.63, 3.8) is 0 Å². The molecule has 0 unspecified atom stereocenters. The number of nitrogens with one attached hydrogen (secondary N) is 1. The van der Waals surface area contributed by atoms with Gasteiger partial charge in [-0.1, -0.05) is 37.0 Å². The molecule has 26 heavy (non-hydrogen) atoms. The molecule has 0 aliphatic rings. The second-order valence-electron chi connectivity index (χ2n) is 5.84. The summed E-state index contributed by atoms with van der Waals surface area (Å²) >= 11 is 11.6. The number of halogens is 2. The van der Waals surface area contributed by atoms with Gasteiger partial charge in [-0.2, -0.15) is 0 Å². The van der Waals surface area contributed by atoms with Crippen molar-refractivity contribution in [3.8, 4) is 5.75 Å². The lowest BCUT2D eigenvalue weighted by molar-refractivity contribution is -0.119. The highest BCUT2D eigenvalue weighted by atomic mass is 35.5. The number of anilines is 1. The molecule has 0 radical (unpaired) electrons. The zero-order chi connectivity index (χ0) is 19.1. The zero-order valence-electron chi connectivity index (χ0n) is 14.3. The number of benzene rings is 1. The second kappa shape index (κ2) is 9.40. The number of pyridine rings is 1. The molecule has 0 spiro atoms. The van der Waals surface area contributed by atoms with Crippen molar-refractivity contribution in [2.75, 3.05) is 18.5 Å². The van der Waals surface area contributed by atoms with Crippen LogP contribution in [0, 0.1) is 5.92 Å². The van der Waals surface area contributed by atoms with Crippen LogP contribution in [0.1, 0.15) is 24.2 Å². The normalized spacial score (nSPS) is 10.5. The quantitative estimate of drug-likeness (QED) is 0.708. The first-order chi connectivity index (χ1) is 12.3. The first-order valence-electron chi connectivity index (χ1n) is 7.86. The van der Waals surface area contributed by atoms with Crippen molar-refractivity contribution in [1.82, 2.24) is 4.98 Å². The van der Waals surface area contributed by atoms with Crippen molar-refractivity contribution in [1.29, 1.82) is 0 Å². The monoisotopic (exact) mass is 396 g/mol. The number of carbonyl (C=O) groups is 2. The number of nitrogens with zero attached hydrogens (tertiary/aromatic N) is 1. The molecule has 0 fully saturated rings. The Morgan fingerprint density at radius 1 is 1.19 bits per heavy atom. The van der Waals surface area contributed by atoms with Gasteiger partial charge in [0.1, 0.15) is 5.75 Å². The smallest absolute Gasteiger partial charge is 0.338 e. The van der Waals surface area contributed by atoms with E-state index >= 15 is 0 Å². The number of aromatic nitrogens is 1. The molecule has 1 aromatic heterocycles. The van der Waals surface area contributed by atoms with Crippen LogP contribution in [0.15, 0.2) is 36.5 Å². The molecule has 0 atom stereocenters. The minimum atomic E-state index is -0.620. The summed E-state index contributed by atoms with van der Waals surface area (Å²) < 4.78 is 10.5. The van der Waals surface area contributed by atoms with E-state index in [0.717, 1.165) is 0 Å². The van der Waals surface area contributed by atoms with E-state index in [-0.39, 0.29) is 10.8 Å². The molecule has 1 amide bonds. The van der Waals surface area contributed by atoms with Crippen LogP contribution in [-0.2, 0) is 9.53 Å². The fraction of sp³-hybridized carbons (Fsp3) is 0.278. The van der Waals surface area contributed by atoms with E-state index in [9.17, 15) is 9.59 Å². The minimum absolute atomic E-state index is 0.142. The van der Waals surface area contributed by atoms with Crippen molar-refractivity contribution in [2.45, 2.75) is 13.8 Å². The summed E-state index contributed by atoms with van der Waals surface area (Å²) in [6.07, 6.45) is 1.35. The molecule has 1 heterocycles. The average Bonchev–Trinajstić information content (AvgIpc) is 2.60. The lowest BCUT2D eigenvalue weighted by Gasteiger charge is -2.09. The molecule has 0 aliphatic carbocycles. The number of esters is 1. The molecule has 2 rings (SSSR count). The van der Waals surface area contributed by atoms with Gasteiger partial charge in [-0.3, -0.25) is 4.79 Å². The lowest BCUT2D eigenvalue weighted by atomic mass is 10.2. The predicted molar refractivity (Wildman–Crippen MR) is 99.9 cm³/mol. The van der Waals surface area contributed by atoms with Gasteiger partial charge < -0.3 is 14.8 Å². The molecule has 1 aromatic carbocycles. The molecular weight excluding hydrogens is 379 g/mol. The van der Waals surface area contributed by atoms with E-state index < -0.39 is 18.5 Å². The minimum Gasteiger partial charge on any atom is -0.493 e. The van der Waals surface area contributed by atoms with Gasteiger partial charge in [0, 0.05) is 6.20 Å². The first kappa shape index (κ1) is 20.0. The Hall–Kier alpha value is -2.31. The van der Waals surface area contributed by atoms with Crippen molar-refractivity contribution in [2.24, 2.45) is 5.92 Å².